The molecule has 2 atom stereocenters. The zero-order valence-electron chi connectivity index (χ0n) is 15.7. The largest absolute Gasteiger partial charge is 0.467 e. The van der Waals surface area contributed by atoms with Gasteiger partial charge in [-0.1, -0.05) is 37.2 Å². The Kier molecular flexibility index (Phi) is 6.59. The predicted molar refractivity (Wildman–Crippen MR) is 103 cm³/mol. The minimum Gasteiger partial charge on any atom is -0.467 e. The van der Waals surface area contributed by atoms with Gasteiger partial charge in [-0.3, -0.25) is 4.79 Å². The van der Waals surface area contributed by atoms with E-state index in [4.69, 9.17) is 17.0 Å². The van der Waals surface area contributed by atoms with E-state index in [0.717, 1.165) is 18.9 Å². The molecule has 1 aromatic carbocycles. The summed E-state index contributed by atoms with van der Waals surface area (Å²) in [5.41, 5.74) is 0.204. The summed E-state index contributed by atoms with van der Waals surface area (Å²) in [7, 11) is 1.30. The summed E-state index contributed by atoms with van der Waals surface area (Å²) < 4.78 is 32.3. The highest BCUT2D eigenvalue weighted by atomic mass is 32.1. The van der Waals surface area contributed by atoms with Gasteiger partial charge in [-0.2, -0.15) is 0 Å². The molecule has 1 aliphatic carbocycles. The fourth-order valence-electron chi connectivity index (χ4n) is 3.59. The van der Waals surface area contributed by atoms with E-state index in [2.05, 4.69) is 5.32 Å². The van der Waals surface area contributed by atoms with Crippen molar-refractivity contribution >= 4 is 29.1 Å². The van der Waals surface area contributed by atoms with Crippen molar-refractivity contribution in [3.05, 3.63) is 35.4 Å². The van der Waals surface area contributed by atoms with Crippen LogP contribution in [0, 0.1) is 17.6 Å². The van der Waals surface area contributed by atoms with E-state index < -0.39 is 23.6 Å². The van der Waals surface area contributed by atoms with Crippen molar-refractivity contribution < 1.29 is 23.1 Å². The molecule has 0 aromatic heterocycles. The summed E-state index contributed by atoms with van der Waals surface area (Å²) in [6.45, 7) is 0.114. The molecular weight excluding hydrogens is 386 g/mol. The van der Waals surface area contributed by atoms with Crippen LogP contribution in [0.25, 0.3) is 0 Å². The first-order valence-electron chi connectivity index (χ1n) is 9.48. The number of nitrogens with one attached hydrogen (secondary N) is 1. The van der Waals surface area contributed by atoms with Crippen molar-refractivity contribution in [2.24, 2.45) is 5.92 Å². The number of benzene rings is 1. The summed E-state index contributed by atoms with van der Waals surface area (Å²) in [5.74, 6) is -2.05. The minimum atomic E-state index is -0.905. The Morgan fingerprint density at radius 2 is 2.07 bits per heavy atom. The maximum absolute atomic E-state index is 14.0. The molecule has 1 aromatic rings. The Labute approximate surface area is 168 Å². The molecule has 1 heterocycles. The van der Waals surface area contributed by atoms with Gasteiger partial charge < -0.3 is 15.0 Å². The van der Waals surface area contributed by atoms with Crippen molar-refractivity contribution in [3.8, 4) is 0 Å². The predicted octanol–water partition coefficient (Wildman–Crippen LogP) is 3.10. The van der Waals surface area contributed by atoms with E-state index in [9.17, 15) is 18.4 Å². The second-order valence-corrected chi connectivity index (χ2v) is 7.92. The van der Waals surface area contributed by atoms with Crippen LogP contribution in [0.5, 0.6) is 0 Å². The number of hydrogen-bond acceptors (Lipinski definition) is 4. The number of amides is 1. The molecule has 0 unspecified atom stereocenters. The molecule has 2 aliphatic rings. The number of methoxy groups -OCH3 is 1. The van der Waals surface area contributed by atoms with Gasteiger partial charge in [-0.25, -0.2) is 13.6 Å². The van der Waals surface area contributed by atoms with Gasteiger partial charge in [0.25, 0.3) is 0 Å². The molecule has 2 fully saturated rings. The number of carbonyl (C=O) groups excluding carboxylic acids is 2. The van der Waals surface area contributed by atoms with Crippen LogP contribution in [0.1, 0.15) is 44.1 Å². The van der Waals surface area contributed by atoms with E-state index in [1.54, 1.807) is 4.90 Å². The van der Waals surface area contributed by atoms with Gasteiger partial charge in [0.2, 0.25) is 5.91 Å². The lowest BCUT2D eigenvalue weighted by atomic mass is 10.1. The quantitative estimate of drug-likeness (QED) is 0.527. The Hall–Kier alpha value is -2.09. The number of likely N-dealkylation sites (tertiary alicyclic amines) is 1. The van der Waals surface area contributed by atoms with Gasteiger partial charge in [-0.15, -0.1) is 0 Å². The van der Waals surface area contributed by atoms with Crippen molar-refractivity contribution in [2.45, 2.75) is 57.2 Å². The molecule has 1 saturated heterocycles. The lowest BCUT2D eigenvalue weighted by Gasteiger charge is -2.27. The average Bonchev–Trinajstić information content (AvgIpc) is 3.43. The number of thiocarbonyl (C=S) groups is 1. The van der Waals surface area contributed by atoms with Gasteiger partial charge in [0.15, 0.2) is 11.6 Å². The standard InChI is InChI=1S/C20H24F2N2O3S/c1-27-20(26)16(9-12-5-6-12)23-17(25)10-14-7-8-18(28)24(14)11-13-3-2-4-15(21)19(13)22/h2-4,12,14,16H,5-11H2,1H3,(H,23,25)/t14-,16-/m0/s1. The van der Waals surface area contributed by atoms with Crippen LogP contribution in [-0.4, -0.2) is 41.0 Å². The topological polar surface area (TPSA) is 58.6 Å². The van der Waals surface area contributed by atoms with Gasteiger partial charge in [0.05, 0.1) is 12.1 Å². The third-order valence-electron chi connectivity index (χ3n) is 5.33. The molecule has 1 N–H and O–H groups in total. The molecule has 1 aliphatic heterocycles. The van der Waals surface area contributed by atoms with E-state index >= 15 is 0 Å². The van der Waals surface area contributed by atoms with Crippen molar-refractivity contribution in [1.82, 2.24) is 10.2 Å². The first-order chi connectivity index (χ1) is 13.4. The van der Waals surface area contributed by atoms with Crippen LogP contribution in [-0.2, 0) is 20.9 Å². The summed E-state index contributed by atoms with van der Waals surface area (Å²) in [6.07, 6.45) is 4.12. The number of carbonyl (C=O) groups is 2. The first kappa shape index (κ1) is 20.6. The van der Waals surface area contributed by atoms with Gasteiger partial charge in [0.1, 0.15) is 6.04 Å². The molecule has 0 spiro atoms. The Bertz CT molecular complexity index is 770. The molecular formula is C20H24F2N2O3S. The fraction of sp³-hybridized carbons (Fsp3) is 0.550. The van der Waals surface area contributed by atoms with Gasteiger partial charge >= 0.3 is 5.97 Å². The zero-order chi connectivity index (χ0) is 20.3. The molecule has 3 rings (SSSR count). The van der Waals surface area contributed by atoms with Crippen molar-refractivity contribution in [3.63, 3.8) is 0 Å². The smallest absolute Gasteiger partial charge is 0.328 e. The zero-order valence-corrected chi connectivity index (χ0v) is 16.6. The molecule has 1 saturated carbocycles. The van der Waals surface area contributed by atoms with Crippen LogP contribution in [0.4, 0.5) is 8.78 Å². The Morgan fingerprint density at radius 1 is 1.32 bits per heavy atom. The number of esters is 1. The molecule has 152 valence electrons. The highest BCUT2D eigenvalue weighted by molar-refractivity contribution is 7.80. The SMILES string of the molecule is COC(=O)[C@H](CC1CC1)NC(=O)C[C@@H]1CCC(=S)N1Cc1cccc(F)c1F. The monoisotopic (exact) mass is 410 g/mol. The van der Waals surface area contributed by atoms with Gasteiger partial charge in [-0.05, 0) is 31.2 Å². The lowest BCUT2D eigenvalue weighted by Crippen LogP contribution is -2.44. The summed E-state index contributed by atoms with van der Waals surface area (Å²) in [4.78, 5) is 26.9. The highest BCUT2D eigenvalue weighted by Crippen LogP contribution is 2.34. The highest BCUT2D eigenvalue weighted by Gasteiger charge is 2.34. The van der Waals surface area contributed by atoms with Crippen LogP contribution in [0.2, 0.25) is 0 Å². The number of halogens is 2. The number of nitrogens with zero attached hydrogens (tertiary/aromatic N) is 1. The molecule has 8 heteroatoms. The maximum Gasteiger partial charge on any atom is 0.328 e. The number of rotatable bonds is 8. The van der Waals surface area contributed by atoms with E-state index in [-0.39, 0.29) is 30.5 Å². The van der Waals surface area contributed by atoms with Crippen LogP contribution >= 0.6 is 12.2 Å². The van der Waals surface area contributed by atoms with E-state index in [0.29, 0.717) is 30.2 Å². The normalized spacial score (nSPS) is 20.2. The summed E-state index contributed by atoms with van der Waals surface area (Å²) >= 11 is 5.36. The third-order valence-corrected chi connectivity index (χ3v) is 5.77. The second kappa shape index (κ2) is 8.94. The third kappa shape index (κ3) is 5.04. The van der Waals surface area contributed by atoms with E-state index in [1.165, 1.54) is 19.2 Å². The molecule has 5 nitrogen and oxygen atoms in total. The molecule has 0 bridgehead atoms. The Balaban J connectivity index is 1.62. The number of hydrogen-bond donors (Lipinski definition) is 1. The maximum atomic E-state index is 14.0. The molecule has 1 amide bonds. The lowest BCUT2D eigenvalue weighted by molar-refractivity contribution is -0.145. The van der Waals surface area contributed by atoms with Crippen LogP contribution in [0.15, 0.2) is 18.2 Å². The van der Waals surface area contributed by atoms with E-state index in [1.807, 2.05) is 0 Å². The average molecular weight is 410 g/mol. The van der Waals surface area contributed by atoms with Gasteiger partial charge in [0, 0.05) is 24.6 Å². The minimum absolute atomic E-state index is 0.114. The van der Waals surface area contributed by atoms with Crippen LogP contribution < -0.4 is 5.32 Å². The second-order valence-electron chi connectivity index (χ2n) is 7.45. The van der Waals surface area contributed by atoms with Crippen molar-refractivity contribution in [1.29, 1.82) is 0 Å². The summed E-state index contributed by atoms with van der Waals surface area (Å²) in [5, 5.41) is 2.77. The first-order valence-corrected chi connectivity index (χ1v) is 9.89. The number of ether oxygens (including phenoxy) is 1. The van der Waals surface area contributed by atoms with Crippen LogP contribution in [0.3, 0.4) is 0 Å². The Morgan fingerprint density at radius 3 is 2.75 bits per heavy atom. The molecule has 28 heavy (non-hydrogen) atoms. The van der Waals surface area contributed by atoms with Crippen molar-refractivity contribution in [2.75, 3.05) is 7.11 Å². The molecule has 0 radical (unpaired) electrons. The summed E-state index contributed by atoms with van der Waals surface area (Å²) in [6, 6.07) is 3.17. The fourth-order valence-corrected chi connectivity index (χ4v) is 3.92.